The summed E-state index contributed by atoms with van der Waals surface area (Å²) in [4.78, 5) is 17.1. The highest BCUT2D eigenvalue weighted by atomic mass is 16.2. The summed E-state index contributed by atoms with van der Waals surface area (Å²) >= 11 is 0. The SMILES string of the molecule is CCn1cc(C(=O)N2CCCN(C(C)CCn3cccn3)CC2)cn1. The van der Waals surface area contributed by atoms with Crippen molar-refractivity contribution in [2.75, 3.05) is 26.2 Å². The second-order valence-corrected chi connectivity index (χ2v) is 6.67. The Labute approximate surface area is 149 Å². The molecule has 7 nitrogen and oxygen atoms in total. The van der Waals surface area contributed by atoms with E-state index in [2.05, 4.69) is 22.0 Å². The van der Waals surface area contributed by atoms with Crippen molar-refractivity contribution in [1.82, 2.24) is 29.4 Å². The Bertz CT molecular complexity index is 665. The molecule has 3 rings (SSSR count). The van der Waals surface area contributed by atoms with Crippen LogP contribution in [0.15, 0.2) is 30.9 Å². The molecule has 0 aromatic carbocycles. The number of carbonyl (C=O) groups is 1. The zero-order chi connectivity index (χ0) is 17.6. The minimum atomic E-state index is 0.103. The number of amides is 1. The molecule has 1 unspecified atom stereocenters. The van der Waals surface area contributed by atoms with Gasteiger partial charge in [-0.05, 0) is 32.8 Å². The van der Waals surface area contributed by atoms with Crippen LogP contribution < -0.4 is 0 Å². The smallest absolute Gasteiger partial charge is 0.257 e. The van der Waals surface area contributed by atoms with Gasteiger partial charge in [-0.25, -0.2) is 0 Å². The third-order valence-corrected chi connectivity index (χ3v) is 4.98. The Balaban J connectivity index is 1.51. The Kier molecular flexibility index (Phi) is 5.86. The molecular formula is C18H28N6O. The van der Waals surface area contributed by atoms with E-state index in [-0.39, 0.29) is 5.91 Å². The van der Waals surface area contributed by atoms with Crippen molar-refractivity contribution in [1.29, 1.82) is 0 Å². The molecule has 3 heterocycles. The van der Waals surface area contributed by atoms with Gasteiger partial charge in [0.15, 0.2) is 0 Å². The molecule has 1 saturated heterocycles. The molecule has 1 aliphatic rings. The van der Waals surface area contributed by atoms with Gasteiger partial charge in [0.05, 0.1) is 11.8 Å². The zero-order valence-corrected chi connectivity index (χ0v) is 15.2. The lowest BCUT2D eigenvalue weighted by Crippen LogP contribution is -2.38. The highest BCUT2D eigenvalue weighted by Crippen LogP contribution is 2.13. The van der Waals surface area contributed by atoms with E-state index in [1.165, 1.54) is 0 Å². The van der Waals surface area contributed by atoms with Gasteiger partial charge >= 0.3 is 0 Å². The van der Waals surface area contributed by atoms with Crippen LogP contribution in [-0.2, 0) is 13.1 Å². The number of rotatable bonds is 6. The summed E-state index contributed by atoms with van der Waals surface area (Å²) in [5.41, 5.74) is 0.696. The monoisotopic (exact) mass is 344 g/mol. The van der Waals surface area contributed by atoms with Crippen LogP contribution in [0.3, 0.4) is 0 Å². The van der Waals surface area contributed by atoms with Crippen LogP contribution in [0, 0.1) is 0 Å². The average molecular weight is 344 g/mol. The lowest BCUT2D eigenvalue weighted by atomic mass is 10.2. The molecular weight excluding hydrogens is 316 g/mol. The largest absolute Gasteiger partial charge is 0.337 e. The van der Waals surface area contributed by atoms with Gasteiger partial charge in [-0.2, -0.15) is 10.2 Å². The fourth-order valence-electron chi connectivity index (χ4n) is 3.35. The molecule has 0 radical (unpaired) electrons. The van der Waals surface area contributed by atoms with Gasteiger partial charge in [-0.3, -0.25) is 19.1 Å². The maximum atomic E-state index is 12.7. The normalized spacial score (nSPS) is 17.4. The van der Waals surface area contributed by atoms with E-state index in [0.29, 0.717) is 11.6 Å². The van der Waals surface area contributed by atoms with Gasteiger partial charge in [-0.15, -0.1) is 0 Å². The molecule has 0 aliphatic carbocycles. The van der Waals surface area contributed by atoms with Crippen LogP contribution in [0.25, 0.3) is 0 Å². The van der Waals surface area contributed by atoms with Crippen molar-refractivity contribution in [3.05, 3.63) is 36.4 Å². The summed E-state index contributed by atoms with van der Waals surface area (Å²) in [6, 6.07) is 2.45. The van der Waals surface area contributed by atoms with Crippen LogP contribution in [0.4, 0.5) is 0 Å². The topological polar surface area (TPSA) is 59.2 Å². The van der Waals surface area contributed by atoms with E-state index in [1.807, 2.05) is 41.2 Å². The van der Waals surface area contributed by atoms with Gasteiger partial charge in [0.2, 0.25) is 0 Å². The van der Waals surface area contributed by atoms with Crippen molar-refractivity contribution in [2.45, 2.75) is 45.8 Å². The fraction of sp³-hybridized carbons (Fsp3) is 0.611. The first-order valence-electron chi connectivity index (χ1n) is 9.20. The van der Waals surface area contributed by atoms with E-state index >= 15 is 0 Å². The summed E-state index contributed by atoms with van der Waals surface area (Å²) in [6.07, 6.45) is 9.43. The van der Waals surface area contributed by atoms with E-state index in [1.54, 1.807) is 10.9 Å². The van der Waals surface area contributed by atoms with Crippen molar-refractivity contribution in [3.8, 4) is 0 Å². The van der Waals surface area contributed by atoms with Gasteiger partial charge in [-0.1, -0.05) is 0 Å². The van der Waals surface area contributed by atoms with Crippen molar-refractivity contribution in [3.63, 3.8) is 0 Å². The van der Waals surface area contributed by atoms with Crippen molar-refractivity contribution < 1.29 is 4.79 Å². The number of aromatic nitrogens is 4. The fourth-order valence-corrected chi connectivity index (χ4v) is 3.35. The third-order valence-electron chi connectivity index (χ3n) is 4.98. The first kappa shape index (κ1) is 17.7. The quantitative estimate of drug-likeness (QED) is 0.801. The van der Waals surface area contributed by atoms with Crippen LogP contribution in [0.2, 0.25) is 0 Å². The number of aryl methyl sites for hydroxylation is 2. The van der Waals surface area contributed by atoms with Crippen LogP contribution >= 0.6 is 0 Å². The van der Waals surface area contributed by atoms with E-state index in [0.717, 1.165) is 52.1 Å². The van der Waals surface area contributed by atoms with Crippen LogP contribution in [0.5, 0.6) is 0 Å². The van der Waals surface area contributed by atoms with Crippen LogP contribution in [-0.4, -0.2) is 67.5 Å². The molecule has 2 aromatic rings. The van der Waals surface area contributed by atoms with Gasteiger partial charge in [0.1, 0.15) is 0 Å². The molecule has 2 aromatic heterocycles. The Morgan fingerprint density at radius 1 is 1.20 bits per heavy atom. The summed E-state index contributed by atoms with van der Waals surface area (Å²) in [5.74, 6) is 0.103. The molecule has 0 bridgehead atoms. The van der Waals surface area contributed by atoms with E-state index < -0.39 is 0 Å². The summed E-state index contributed by atoms with van der Waals surface area (Å²) in [7, 11) is 0. The van der Waals surface area contributed by atoms with Gasteiger partial charge in [0, 0.05) is 63.9 Å². The predicted octanol–water partition coefficient (Wildman–Crippen LogP) is 1.73. The number of hydrogen-bond donors (Lipinski definition) is 0. The van der Waals surface area contributed by atoms with Crippen LogP contribution in [0.1, 0.15) is 37.0 Å². The second-order valence-electron chi connectivity index (χ2n) is 6.67. The predicted molar refractivity (Wildman–Crippen MR) is 96.3 cm³/mol. The molecule has 1 amide bonds. The Morgan fingerprint density at radius 2 is 2.08 bits per heavy atom. The molecule has 0 saturated carbocycles. The summed E-state index contributed by atoms with van der Waals surface area (Å²) in [5, 5.41) is 8.48. The van der Waals surface area contributed by atoms with Gasteiger partial charge < -0.3 is 4.90 Å². The summed E-state index contributed by atoms with van der Waals surface area (Å²) in [6.45, 7) is 9.58. The minimum absolute atomic E-state index is 0.103. The third kappa shape index (κ3) is 4.48. The molecule has 136 valence electrons. The standard InChI is InChI=1S/C18H28N6O/c1-3-23-15-17(14-20-23)18(25)22-9-5-8-21(12-13-22)16(2)6-11-24-10-4-7-19-24/h4,7,10,14-16H,3,5-6,8-9,11-13H2,1-2H3. The molecule has 1 fully saturated rings. The molecule has 0 spiro atoms. The minimum Gasteiger partial charge on any atom is -0.337 e. The number of nitrogens with zero attached hydrogens (tertiary/aromatic N) is 6. The first-order valence-corrected chi connectivity index (χ1v) is 9.20. The zero-order valence-electron chi connectivity index (χ0n) is 15.2. The number of hydrogen-bond acceptors (Lipinski definition) is 4. The number of carbonyl (C=O) groups excluding carboxylic acids is 1. The van der Waals surface area contributed by atoms with E-state index in [4.69, 9.17) is 0 Å². The summed E-state index contributed by atoms with van der Waals surface area (Å²) < 4.78 is 3.78. The molecule has 7 heteroatoms. The maximum Gasteiger partial charge on any atom is 0.257 e. The highest BCUT2D eigenvalue weighted by Gasteiger charge is 2.23. The molecule has 0 N–H and O–H groups in total. The second kappa shape index (κ2) is 8.29. The molecule has 25 heavy (non-hydrogen) atoms. The Hall–Kier alpha value is -2.15. The average Bonchev–Trinajstić information content (AvgIpc) is 3.26. The molecule has 1 atom stereocenters. The van der Waals surface area contributed by atoms with Gasteiger partial charge in [0.25, 0.3) is 5.91 Å². The van der Waals surface area contributed by atoms with Crippen molar-refractivity contribution >= 4 is 5.91 Å². The van der Waals surface area contributed by atoms with Crippen molar-refractivity contribution in [2.24, 2.45) is 0 Å². The lowest BCUT2D eigenvalue weighted by Gasteiger charge is -2.27. The van der Waals surface area contributed by atoms with E-state index in [9.17, 15) is 4.79 Å². The Morgan fingerprint density at radius 3 is 2.80 bits per heavy atom. The molecule has 1 aliphatic heterocycles. The first-order chi connectivity index (χ1) is 12.2. The lowest BCUT2D eigenvalue weighted by molar-refractivity contribution is 0.0758. The maximum absolute atomic E-state index is 12.7. The highest BCUT2D eigenvalue weighted by molar-refractivity contribution is 5.93.